The summed E-state index contributed by atoms with van der Waals surface area (Å²) in [4.78, 5) is 28.1. The lowest BCUT2D eigenvalue weighted by molar-refractivity contribution is -0.142. The van der Waals surface area contributed by atoms with Gasteiger partial charge in [-0.25, -0.2) is 8.42 Å². The van der Waals surface area contributed by atoms with Crippen molar-refractivity contribution in [2.75, 3.05) is 13.6 Å². The number of amides is 2. The maximum Gasteiger partial charge on any atom is 0.243 e. The van der Waals surface area contributed by atoms with Crippen molar-refractivity contribution in [3.63, 3.8) is 0 Å². The van der Waals surface area contributed by atoms with E-state index in [2.05, 4.69) is 5.32 Å². The minimum atomic E-state index is -3.91. The van der Waals surface area contributed by atoms with E-state index >= 15 is 0 Å². The van der Waals surface area contributed by atoms with Crippen molar-refractivity contribution in [1.82, 2.24) is 14.5 Å². The Kier molecular flexibility index (Phi) is 9.76. The minimum Gasteiger partial charge on any atom is -0.350 e. The van der Waals surface area contributed by atoms with E-state index in [0.717, 1.165) is 9.87 Å². The van der Waals surface area contributed by atoms with Crippen molar-refractivity contribution in [3.8, 4) is 0 Å². The summed E-state index contributed by atoms with van der Waals surface area (Å²) in [6, 6.07) is 10.5. The average Bonchev–Trinajstić information content (AvgIpc) is 2.74. The molecule has 0 bridgehead atoms. The van der Waals surface area contributed by atoms with Gasteiger partial charge in [0.1, 0.15) is 6.04 Å². The quantitative estimate of drug-likeness (QED) is 0.500. The number of aryl methyl sites for hydroxylation is 1. The number of carbonyl (C=O) groups excluding carboxylic acids is 2. The van der Waals surface area contributed by atoms with E-state index < -0.39 is 34.1 Å². The van der Waals surface area contributed by atoms with Gasteiger partial charge < -0.3 is 10.2 Å². The highest BCUT2D eigenvalue weighted by Crippen LogP contribution is 2.24. The van der Waals surface area contributed by atoms with Crippen molar-refractivity contribution < 1.29 is 18.0 Å². The molecule has 0 radical (unpaired) electrons. The lowest BCUT2D eigenvalue weighted by Crippen LogP contribution is -2.55. The predicted molar refractivity (Wildman–Crippen MR) is 140 cm³/mol. The third-order valence-electron chi connectivity index (χ3n) is 5.33. The molecule has 2 rings (SSSR count). The number of hydrogen-bond donors (Lipinski definition) is 1. The Morgan fingerprint density at radius 3 is 2.17 bits per heavy atom. The van der Waals surface area contributed by atoms with Crippen LogP contribution in [0.2, 0.25) is 10.0 Å². The number of nitrogens with one attached hydrogen (secondary N) is 1. The molecule has 10 heteroatoms. The molecule has 7 nitrogen and oxygen atoms in total. The Bertz CT molecular complexity index is 1160. The van der Waals surface area contributed by atoms with E-state index in [9.17, 15) is 18.0 Å². The Morgan fingerprint density at radius 1 is 1.06 bits per heavy atom. The van der Waals surface area contributed by atoms with Crippen LogP contribution in [-0.2, 0) is 26.2 Å². The molecular weight excluding hydrogens is 509 g/mol. The Morgan fingerprint density at radius 2 is 1.66 bits per heavy atom. The number of hydrogen-bond acceptors (Lipinski definition) is 4. The molecule has 1 N–H and O–H groups in total. The van der Waals surface area contributed by atoms with Gasteiger partial charge in [-0.05, 0) is 63.9 Å². The fourth-order valence-electron chi connectivity index (χ4n) is 3.46. The number of benzene rings is 2. The van der Waals surface area contributed by atoms with Crippen LogP contribution in [0.4, 0.5) is 0 Å². The fourth-order valence-corrected chi connectivity index (χ4v) is 5.05. The summed E-state index contributed by atoms with van der Waals surface area (Å²) in [7, 11) is -2.57. The summed E-state index contributed by atoms with van der Waals surface area (Å²) in [6.45, 7) is 8.77. The molecule has 35 heavy (non-hydrogen) atoms. The first kappa shape index (κ1) is 29.1. The second-order valence-corrected chi connectivity index (χ2v) is 12.4. The number of carbonyl (C=O) groups is 2. The van der Waals surface area contributed by atoms with Crippen LogP contribution in [0.15, 0.2) is 47.4 Å². The summed E-state index contributed by atoms with van der Waals surface area (Å²) in [5.74, 6) is -0.854. The number of sulfonamides is 1. The molecule has 1 atom stereocenters. The number of likely N-dealkylation sites (N-methyl/N-ethyl adjacent to an activating group) is 1. The van der Waals surface area contributed by atoms with E-state index in [1.807, 2.05) is 27.7 Å². The largest absolute Gasteiger partial charge is 0.350 e. The van der Waals surface area contributed by atoms with Crippen LogP contribution in [0.3, 0.4) is 0 Å². The van der Waals surface area contributed by atoms with Crippen molar-refractivity contribution in [2.45, 2.75) is 64.1 Å². The van der Waals surface area contributed by atoms with E-state index in [1.54, 1.807) is 37.3 Å². The molecule has 0 saturated carbocycles. The first-order valence-electron chi connectivity index (χ1n) is 11.2. The van der Waals surface area contributed by atoms with E-state index in [-0.39, 0.29) is 17.3 Å². The van der Waals surface area contributed by atoms with Crippen LogP contribution >= 0.6 is 23.2 Å². The van der Waals surface area contributed by atoms with Gasteiger partial charge in [0.05, 0.1) is 11.4 Å². The zero-order chi connectivity index (χ0) is 26.6. The highest BCUT2D eigenvalue weighted by Gasteiger charge is 2.33. The zero-order valence-corrected chi connectivity index (χ0v) is 23.3. The molecule has 0 unspecified atom stereocenters. The number of rotatable bonds is 9. The van der Waals surface area contributed by atoms with Crippen LogP contribution in [0, 0.1) is 6.92 Å². The Labute approximate surface area is 218 Å². The molecule has 0 aromatic heterocycles. The van der Waals surface area contributed by atoms with Gasteiger partial charge in [0.15, 0.2) is 0 Å². The molecule has 0 aliphatic carbocycles. The lowest BCUT2D eigenvalue weighted by Gasteiger charge is -2.34. The smallest absolute Gasteiger partial charge is 0.243 e. The van der Waals surface area contributed by atoms with E-state index in [4.69, 9.17) is 23.2 Å². The second kappa shape index (κ2) is 11.7. The first-order chi connectivity index (χ1) is 16.2. The molecule has 0 aliphatic rings. The first-order valence-corrected chi connectivity index (χ1v) is 13.4. The van der Waals surface area contributed by atoms with Gasteiger partial charge in [-0.2, -0.15) is 4.31 Å². The molecule has 0 aliphatic heterocycles. The van der Waals surface area contributed by atoms with Crippen molar-refractivity contribution in [2.24, 2.45) is 0 Å². The van der Waals surface area contributed by atoms with Crippen molar-refractivity contribution >= 4 is 45.0 Å². The normalized spacial score (nSPS) is 12.9. The maximum atomic E-state index is 13.5. The average molecular weight is 543 g/mol. The zero-order valence-electron chi connectivity index (χ0n) is 20.9. The molecule has 0 heterocycles. The monoisotopic (exact) mass is 541 g/mol. The van der Waals surface area contributed by atoms with Gasteiger partial charge in [-0.3, -0.25) is 9.59 Å². The lowest BCUT2D eigenvalue weighted by atomic mass is 10.1. The standard InChI is InChI=1S/C25H33Cl2N3O4S/c1-7-22(24(32)28-25(3,4)5)30(15-18-10-11-19(26)14-21(18)27)23(31)16-29(6)35(33,34)20-12-8-17(2)9-13-20/h8-14,22H,7,15-16H2,1-6H3,(H,28,32)/t22-/m0/s1. The summed E-state index contributed by atoms with van der Waals surface area (Å²) in [6.07, 6.45) is 0.327. The van der Waals surface area contributed by atoms with Gasteiger partial charge in [0.25, 0.3) is 0 Å². The van der Waals surface area contributed by atoms with Gasteiger partial charge >= 0.3 is 0 Å². The van der Waals surface area contributed by atoms with Crippen molar-refractivity contribution in [1.29, 1.82) is 0 Å². The Balaban J connectivity index is 2.39. The molecule has 0 spiro atoms. The van der Waals surface area contributed by atoms with Crippen LogP contribution in [0.1, 0.15) is 45.2 Å². The van der Waals surface area contributed by atoms with E-state index in [0.29, 0.717) is 22.0 Å². The Hall–Kier alpha value is -2.13. The molecular formula is C25H33Cl2N3O4S. The third kappa shape index (κ3) is 7.93. The van der Waals surface area contributed by atoms with Crippen molar-refractivity contribution in [3.05, 3.63) is 63.6 Å². The predicted octanol–water partition coefficient (Wildman–Crippen LogP) is 4.64. The van der Waals surface area contributed by atoms with Crippen LogP contribution < -0.4 is 5.32 Å². The summed E-state index contributed by atoms with van der Waals surface area (Å²) in [5.41, 5.74) is 1.00. The van der Waals surface area contributed by atoms with Crippen LogP contribution in [0.5, 0.6) is 0 Å². The summed E-state index contributed by atoms with van der Waals surface area (Å²) < 4.78 is 27.1. The molecule has 192 valence electrons. The fraction of sp³-hybridized carbons (Fsp3) is 0.440. The molecule has 2 aromatic carbocycles. The van der Waals surface area contributed by atoms with E-state index in [1.165, 1.54) is 24.1 Å². The van der Waals surface area contributed by atoms with Gasteiger partial charge in [0, 0.05) is 29.2 Å². The third-order valence-corrected chi connectivity index (χ3v) is 7.73. The topological polar surface area (TPSA) is 86.8 Å². The number of halogens is 2. The molecule has 2 aromatic rings. The summed E-state index contributed by atoms with van der Waals surface area (Å²) in [5, 5.41) is 3.70. The molecule has 2 amide bonds. The highest BCUT2D eigenvalue weighted by molar-refractivity contribution is 7.89. The van der Waals surface area contributed by atoms with Gasteiger partial charge in [-0.1, -0.05) is 53.9 Å². The SMILES string of the molecule is CC[C@@H](C(=O)NC(C)(C)C)N(Cc1ccc(Cl)cc1Cl)C(=O)CN(C)S(=O)(=O)c1ccc(C)cc1. The minimum absolute atomic E-state index is 0.0172. The van der Waals surface area contributed by atoms with Gasteiger partial charge in [0.2, 0.25) is 21.8 Å². The second-order valence-electron chi connectivity index (χ2n) is 9.49. The number of nitrogens with zero attached hydrogens (tertiary/aromatic N) is 2. The van der Waals surface area contributed by atoms with Crippen LogP contribution in [0.25, 0.3) is 0 Å². The van der Waals surface area contributed by atoms with Gasteiger partial charge in [-0.15, -0.1) is 0 Å². The maximum absolute atomic E-state index is 13.5. The molecule has 0 saturated heterocycles. The molecule has 0 fully saturated rings. The summed E-state index contributed by atoms with van der Waals surface area (Å²) >= 11 is 12.4. The highest BCUT2D eigenvalue weighted by atomic mass is 35.5. The van der Waals surface area contributed by atoms with Crippen LogP contribution in [-0.4, -0.2) is 54.6 Å².